The Morgan fingerprint density at radius 2 is 1.97 bits per heavy atom. The Morgan fingerprint density at radius 3 is 2.66 bits per heavy atom. The fraction of sp³-hybridized carbons (Fsp3) is 0.318. The Labute approximate surface area is 169 Å². The molecule has 2 amide bonds. The van der Waals surface area contributed by atoms with Gasteiger partial charge in [-0.1, -0.05) is 42.5 Å². The van der Waals surface area contributed by atoms with Gasteiger partial charge in [0.1, 0.15) is 6.10 Å². The highest BCUT2D eigenvalue weighted by Crippen LogP contribution is 2.17. The lowest BCUT2D eigenvalue weighted by Crippen LogP contribution is -2.49. The summed E-state index contributed by atoms with van der Waals surface area (Å²) < 4.78 is 5.81. The van der Waals surface area contributed by atoms with Crippen LogP contribution < -0.4 is 10.6 Å². The summed E-state index contributed by atoms with van der Waals surface area (Å²) in [4.78, 5) is 28.6. The first kappa shape index (κ1) is 20.7. The average molecular weight is 395 g/mol. The molecule has 3 rings (SSSR count). The molecule has 3 N–H and O–H groups in total. The molecule has 1 aromatic carbocycles. The van der Waals surface area contributed by atoms with Gasteiger partial charge in [-0.3, -0.25) is 14.6 Å². The lowest BCUT2D eigenvalue weighted by molar-refractivity contribution is -0.126. The van der Waals surface area contributed by atoms with Gasteiger partial charge in [-0.05, 0) is 24.6 Å². The van der Waals surface area contributed by atoms with E-state index in [1.807, 2.05) is 37.3 Å². The topological polar surface area (TPSA) is 101 Å². The Kier molecular flexibility index (Phi) is 7.10. The zero-order chi connectivity index (χ0) is 20.6. The number of nitrogens with zero attached hydrogens (tertiary/aromatic N) is 1. The maximum absolute atomic E-state index is 12.4. The van der Waals surface area contributed by atoms with Gasteiger partial charge in [0.2, 0.25) is 5.91 Å². The van der Waals surface area contributed by atoms with Crippen LogP contribution in [-0.4, -0.2) is 46.8 Å². The molecule has 29 heavy (non-hydrogen) atoms. The largest absolute Gasteiger partial charge is 0.394 e. The lowest BCUT2D eigenvalue weighted by Gasteiger charge is -2.31. The van der Waals surface area contributed by atoms with Gasteiger partial charge in [-0.25, -0.2) is 0 Å². The predicted molar refractivity (Wildman–Crippen MR) is 108 cm³/mol. The van der Waals surface area contributed by atoms with Crippen LogP contribution in [0.5, 0.6) is 0 Å². The molecule has 0 unspecified atom stereocenters. The summed E-state index contributed by atoms with van der Waals surface area (Å²) in [6.07, 6.45) is 5.59. The van der Waals surface area contributed by atoms with E-state index < -0.39 is 18.2 Å². The Morgan fingerprint density at radius 1 is 1.17 bits per heavy atom. The number of ether oxygens (including phenoxy) is 1. The molecule has 1 aromatic heterocycles. The first-order chi connectivity index (χ1) is 14.1. The van der Waals surface area contributed by atoms with Crippen molar-refractivity contribution >= 4 is 11.8 Å². The van der Waals surface area contributed by atoms with E-state index in [9.17, 15) is 14.7 Å². The second-order valence-electron chi connectivity index (χ2n) is 6.93. The van der Waals surface area contributed by atoms with Crippen LogP contribution in [0.1, 0.15) is 35.3 Å². The summed E-state index contributed by atoms with van der Waals surface area (Å²) in [5.74, 6) is -0.451. The third-order valence-corrected chi connectivity index (χ3v) is 4.75. The molecule has 0 fully saturated rings. The number of aliphatic hydroxyl groups excluding tert-OH is 1. The van der Waals surface area contributed by atoms with Crippen molar-refractivity contribution < 1.29 is 19.4 Å². The number of nitrogens with one attached hydrogen (secondary N) is 2. The molecule has 0 spiro atoms. The molecular weight excluding hydrogens is 370 g/mol. The van der Waals surface area contributed by atoms with Crippen molar-refractivity contribution in [3.8, 4) is 0 Å². The van der Waals surface area contributed by atoms with E-state index in [1.165, 1.54) is 6.20 Å². The minimum atomic E-state index is -0.634. The summed E-state index contributed by atoms with van der Waals surface area (Å²) in [6, 6.07) is 12.4. The quantitative estimate of drug-likeness (QED) is 0.621. The van der Waals surface area contributed by atoms with Crippen molar-refractivity contribution in [1.29, 1.82) is 0 Å². The number of carbonyl (C=O) groups is 2. The third kappa shape index (κ3) is 5.73. The van der Waals surface area contributed by atoms with Gasteiger partial charge in [0.15, 0.2) is 0 Å². The predicted octanol–water partition coefficient (Wildman–Crippen LogP) is 1.76. The number of aromatic nitrogens is 1. The number of hydrogen-bond donors (Lipinski definition) is 3. The zero-order valence-electron chi connectivity index (χ0n) is 16.2. The maximum Gasteiger partial charge on any atom is 0.253 e. The molecule has 0 saturated heterocycles. The van der Waals surface area contributed by atoms with E-state index in [4.69, 9.17) is 4.74 Å². The first-order valence-electron chi connectivity index (χ1n) is 9.56. The van der Waals surface area contributed by atoms with E-state index in [1.54, 1.807) is 30.5 Å². The van der Waals surface area contributed by atoms with Crippen LogP contribution in [0.15, 0.2) is 67.0 Å². The second kappa shape index (κ2) is 9.95. The zero-order valence-corrected chi connectivity index (χ0v) is 16.2. The summed E-state index contributed by atoms with van der Waals surface area (Å²) in [6.45, 7) is 1.65. The van der Waals surface area contributed by atoms with Crippen molar-refractivity contribution in [2.75, 3.05) is 6.61 Å². The summed E-state index contributed by atoms with van der Waals surface area (Å²) >= 11 is 0. The van der Waals surface area contributed by atoms with Crippen LogP contribution in [0.25, 0.3) is 0 Å². The molecule has 0 bridgehead atoms. The molecular formula is C22H25N3O4. The fourth-order valence-corrected chi connectivity index (χ4v) is 3.18. The van der Waals surface area contributed by atoms with Crippen LogP contribution in [0, 0.1) is 0 Å². The number of amides is 2. The molecule has 0 radical (unpaired) electrons. The summed E-state index contributed by atoms with van der Waals surface area (Å²) in [5.41, 5.74) is 1.45. The van der Waals surface area contributed by atoms with Gasteiger partial charge in [0.25, 0.3) is 5.91 Å². The van der Waals surface area contributed by atoms with E-state index in [0.29, 0.717) is 5.56 Å². The van der Waals surface area contributed by atoms with Gasteiger partial charge in [-0.2, -0.15) is 0 Å². The molecule has 7 heteroatoms. The Hall–Kier alpha value is -3.03. The highest BCUT2D eigenvalue weighted by molar-refractivity contribution is 5.94. The molecule has 2 aromatic rings. The Bertz CT molecular complexity index is 842. The van der Waals surface area contributed by atoms with Crippen molar-refractivity contribution in [1.82, 2.24) is 15.6 Å². The molecule has 0 saturated carbocycles. The minimum absolute atomic E-state index is 0.114. The van der Waals surface area contributed by atoms with Crippen molar-refractivity contribution in [2.45, 2.75) is 37.6 Å². The van der Waals surface area contributed by atoms with Gasteiger partial charge < -0.3 is 20.5 Å². The Balaban J connectivity index is 1.55. The number of pyridine rings is 1. The number of carbonyl (C=O) groups excluding carboxylic acids is 2. The SMILES string of the molecule is C[C@H](NC(=O)C[C@H]1C=C[C@@H](NC(=O)c2cccnc2)[C@H](CO)O1)c1ccccc1. The minimum Gasteiger partial charge on any atom is -0.394 e. The fourth-order valence-electron chi connectivity index (χ4n) is 3.18. The number of rotatable bonds is 7. The van der Waals surface area contributed by atoms with E-state index in [2.05, 4.69) is 15.6 Å². The van der Waals surface area contributed by atoms with Crippen LogP contribution in [-0.2, 0) is 9.53 Å². The monoisotopic (exact) mass is 395 g/mol. The van der Waals surface area contributed by atoms with Crippen molar-refractivity contribution in [2.24, 2.45) is 0 Å². The van der Waals surface area contributed by atoms with Crippen molar-refractivity contribution in [3.05, 3.63) is 78.1 Å². The standard InChI is InChI=1S/C22H25N3O4/c1-15(16-6-3-2-4-7-16)24-21(27)12-18-9-10-19(20(14-26)29-18)25-22(28)17-8-5-11-23-13-17/h2-11,13,15,18-20,26H,12,14H2,1H3,(H,24,27)(H,25,28)/t15-,18+,19+,20-/m0/s1. The van der Waals surface area contributed by atoms with Gasteiger partial charge in [0, 0.05) is 12.4 Å². The number of hydrogen-bond acceptors (Lipinski definition) is 5. The van der Waals surface area contributed by atoms with Crippen LogP contribution in [0.4, 0.5) is 0 Å². The lowest BCUT2D eigenvalue weighted by atomic mass is 10.0. The van der Waals surface area contributed by atoms with Gasteiger partial charge >= 0.3 is 0 Å². The van der Waals surface area contributed by atoms with E-state index in [0.717, 1.165) is 5.56 Å². The highest BCUT2D eigenvalue weighted by atomic mass is 16.5. The average Bonchev–Trinajstić information content (AvgIpc) is 2.75. The van der Waals surface area contributed by atoms with Crippen LogP contribution in [0.3, 0.4) is 0 Å². The van der Waals surface area contributed by atoms with Gasteiger partial charge in [0.05, 0.1) is 36.8 Å². The van der Waals surface area contributed by atoms with Crippen molar-refractivity contribution in [3.63, 3.8) is 0 Å². The normalized spacial score (nSPS) is 21.9. The second-order valence-corrected chi connectivity index (χ2v) is 6.93. The first-order valence-corrected chi connectivity index (χ1v) is 9.56. The number of benzene rings is 1. The maximum atomic E-state index is 12.4. The molecule has 1 aliphatic rings. The molecule has 0 aliphatic carbocycles. The third-order valence-electron chi connectivity index (χ3n) is 4.75. The highest BCUT2D eigenvalue weighted by Gasteiger charge is 2.29. The van der Waals surface area contributed by atoms with Crippen LogP contribution in [0.2, 0.25) is 0 Å². The summed E-state index contributed by atoms with van der Waals surface area (Å²) in [7, 11) is 0. The molecule has 1 aliphatic heterocycles. The molecule has 152 valence electrons. The smallest absolute Gasteiger partial charge is 0.253 e. The van der Waals surface area contributed by atoms with Crippen LogP contribution >= 0.6 is 0 Å². The van der Waals surface area contributed by atoms with Gasteiger partial charge in [-0.15, -0.1) is 0 Å². The summed E-state index contributed by atoms with van der Waals surface area (Å²) in [5, 5.41) is 15.4. The molecule has 2 heterocycles. The van der Waals surface area contributed by atoms with E-state index >= 15 is 0 Å². The number of aliphatic hydroxyl groups is 1. The molecule has 7 nitrogen and oxygen atoms in total. The molecule has 4 atom stereocenters. The van der Waals surface area contributed by atoms with E-state index in [-0.39, 0.29) is 30.9 Å².